The second kappa shape index (κ2) is 8.11. The summed E-state index contributed by atoms with van der Waals surface area (Å²) in [6.45, 7) is 2.41. The summed E-state index contributed by atoms with van der Waals surface area (Å²) >= 11 is 0. The van der Waals surface area contributed by atoms with Crippen LogP contribution in [0, 0.1) is 0 Å². The van der Waals surface area contributed by atoms with Gasteiger partial charge in [0.2, 0.25) is 0 Å². The van der Waals surface area contributed by atoms with Gasteiger partial charge in [-0.15, -0.1) is 0 Å². The molecule has 0 aliphatic rings. The molecule has 3 rings (SSSR count). The molecule has 7 heteroatoms. The van der Waals surface area contributed by atoms with Crippen LogP contribution in [-0.2, 0) is 10.8 Å². The van der Waals surface area contributed by atoms with Crippen LogP contribution in [0.1, 0.15) is 13.3 Å². The number of hydrogen-bond donors (Lipinski definition) is 1. The Balaban J connectivity index is 1.84. The number of imidazole rings is 1. The number of benzene rings is 1. The van der Waals surface area contributed by atoms with E-state index in [9.17, 15) is 4.21 Å². The van der Waals surface area contributed by atoms with Gasteiger partial charge in [-0.25, -0.2) is 9.97 Å². The molecule has 132 valence electrons. The van der Waals surface area contributed by atoms with E-state index in [1.165, 1.54) is 0 Å². The van der Waals surface area contributed by atoms with Gasteiger partial charge in [0.05, 0.1) is 24.8 Å². The maximum absolute atomic E-state index is 11.5. The molecule has 0 bridgehead atoms. The number of hydrogen-bond acceptors (Lipinski definition) is 5. The lowest BCUT2D eigenvalue weighted by molar-refractivity contribution is 0.316. The summed E-state index contributed by atoms with van der Waals surface area (Å²) < 4.78 is 22.8. The third-order valence-electron chi connectivity index (χ3n) is 3.80. The number of rotatable bonds is 8. The molecule has 1 unspecified atom stereocenters. The molecule has 2 heterocycles. The lowest BCUT2D eigenvalue weighted by Crippen LogP contribution is -2.06. The number of pyridine rings is 1. The zero-order valence-corrected chi connectivity index (χ0v) is 15.1. The normalized spacial score (nSPS) is 12.2. The van der Waals surface area contributed by atoms with E-state index < -0.39 is 10.8 Å². The second-order valence-corrected chi connectivity index (χ2v) is 7.32. The van der Waals surface area contributed by atoms with Crippen LogP contribution >= 0.6 is 0 Å². The van der Waals surface area contributed by atoms with E-state index in [4.69, 9.17) is 9.47 Å². The number of nitrogens with zero attached hydrogens (tertiary/aromatic N) is 2. The van der Waals surface area contributed by atoms with E-state index in [0.717, 1.165) is 17.5 Å². The fourth-order valence-electron chi connectivity index (χ4n) is 2.46. The number of H-pyrrole nitrogens is 1. The quantitative estimate of drug-likeness (QED) is 0.625. The van der Waals surface area contributed by atoms with Crippen LogP contribution < -0.4 is 9.47 Å². The molecule has 0 saturated heterocycles. The first-order valence-corrected chi connectivity index (χ1v) is 9.67. The van der Waals surface area contributed by atoms with E-state index in [1.54, 1.807) is 13.3 Å². The first-order chi connectivity index (χ1) is 12.2. The second-order valence-electron chi connectivity index (χ2n) is 5.46. The first kappa shape index (κ1) is 17.4. The lowest BCUT2D eigenvalue weighted by atomic mass is 10.2. The van der Waals surface area contributed by atoms with Gasteiger partial charge >= 0.3 is 0 Å². The molecule has 0 aliphatic heterocycles. The predicted octanol–water partition coefficient (Wildman–Crippen LogP) is 3.17. The zero-order valence-electron chi connectivity index (χ0n) is 14.3. The van der Waals surface area contributed by atoms with Crippen molar-refractivity contribution in [2.75, 3.05) is 25.2 Å². The van der Waals surface area contributed by atoms with Crippen molar-refractivity contribution in [2.24, 2.45) is 0 Å². The molecule has 0 spiro atoms. The van der Waals surface area contributed by atoms with Gasteiger partial charge in [0, 0.05) is 34.6 Å². The third-order valence-corrected chi connectivity index (χ3v) is 5.19. The van der Waals surface area contributed by atoms with Gasteiger partial charge in [-0.1, -0.05) is 6.92 Å². The highest BCUT2D eigenvalue weighted by atomic mass is 32.2. The Kier molecular flexibility index (Phi) is 5.65. The monoisotopic (exact) mass is 359 g/mol. The van der Waals surface area contributed by atoms with Crippen LogP contribution in [0.2, 0.25) is 0 Å². The SMILES string of the molecule is CCS(=O)CCCOc1cc(OC)ccc1-c1nc2ncccc2[nH]1. The van der Waals surface area contributed by atoms with E-state index in [1.807, 2.05) is 37.3 Å². The van der Waals surface area contributed by atoms with Gasteiger partial charge in [0.25, 0.3) is 0 Å². The summed E-state index contributed by atoms with van der Waals surface area (Å²) in [5.41, 5.74) is 2.38. The van der Waals surface area contributed by atoms with Gasteiger partial charge in [0.15, 0.2) is 5.65 Å². The Hall–Kier alpha value is -2.41. The molecule has 2 aromatic heterocycles. The number of aromatic amines is 1. The third kappa shape index (κ3) is 4.17. The average Bonchev–Trinajstić information content (AvgIpc) is 3.08. The highest BCUT2D eigenvalue weighted by Crippen LogP contribution is 2.32. The van der Waals surface area contributed by atoms with Crippen molar-refractivity contribution < 1.29 is 13.7 Å². The fraction of sp³-hybridized carbons (Fsp3) is 0.333. The van der Waals surface area contributed by atoms with Crippen molar-refractivity contribution in [3.63, 3.8) is 0 Å². The molecule has 25 heavy (non-hydrogen) atoms. The molecule has 0 saturated carbocycles. The first-order valence-electron chi connectivity index (χ1n) is 8.18. The molecule has 1 N–H and O–H groups in total. The largest absolute Gasteiger partial charge is 0.497 e. The van der Waals surface area contributed by atoms with Crippen LogP contribution in [0.15, 0.2) is 36.5 Å². The topological polar surface area (TPSA) is 77.1 Å². The van der Waals surface area contributed by atoms with Gasteiger partial charge in [0.1, 0.15) is 17.3 Å². The number of nitrogens with one attached hydrogen (secondary N) is 1. The minimum absolute atomic E-state index is 0.490. The average molecular weight is 359 g/mol. The van der Waals surface area contributed by atoms with Crippen LogP contribution in [0.25, 0.3) is 22.6 Å². The molecule has 1 aromatic carbocycles. The summed E-state index contributed by atoms with van der Waals surface area (Å²) in [4.78, 5) is 12.1. The van der Waals surface area contributed by atoms with Crippen LogP contribution in [0.4, 0.5) is 0 Å². The summed E-state index contributed by atoms with van der Waals surface area (Å²) in [7, 11) is 0.845. The van der Waals surface area contributed by atoms with E-state index >= 15 is 0 Å². The Morgan fingerprint density at radius 1 is 1.28 bits per heavy atom. The zero-order chi connectivity index (χ0) is 17.6. The fourth-order valence-corrected chi connectivity index (χ4v) is 3.19. The van der Waals surface area contributed by atoms with E-state index in [-0.39, 0.29) is 0 Å². The van der Waals surface area contributed by atoms with Crippen molar-refractivity contribution in [3.8, 4) is 22.9 Å². The summed E-state index contributed by atoms with van der Waals surface area (Å²) in [5.74, 6) is 3.41. The van der Waals surface area contributed by atoms with Gasteiger partial charge < -0.3 is 14.5 Å². The molecule has 3 aromatic rings. The van der Waals surface area contributed by atoms with E-state index in [2.05, 4.69) is 15.0 Å². The standard InChI is InChI=1S/C18H21N3O3S/c1-3-25(22)11-5-10-24-16-12-13(23-2)7-8-14(16)17-20-15-6-4-9-19-18(15)21-17/h4,6-9,12H,3,5,10-11H2,1-2H3,(H,19,20,21). The Morgan fingerprint density at radius 2 is 2.16 bits per heavy atom. The molecule has 0 fully saturated rings. The Morgan fingerprint density at radius 3 is 2.92 bits per heavy atom. The summed E-state index contributed by atoms with van der Waals surface area (Å²) in [5, 5.41) is 0. The number of methoxy groups -OCH3 is 1. The van der Waals surface area contributed by atoms with Crippen LogP contribution in [-0.4, -0.2) is 44.4 Å². The number of ether oxygens (including phenoxy) is 2. The van der Waals surface area contributed by atoms with Crippen molar-refractivity contribution in [1.29, 1.82) is 0 Å². The smallest absolute Gasteiger partial charge is 0.178 e. The van der Waals surface area contributed by atoms with E-state index in [0.29, 0.717) is 41.1 Å². The highest BCUT2D eigenvalue weighted by Gasteiger charge is 2.13. The van der Waals surface area contributed by atoms with Crippen molar-refractivity contribution in [3.05, 3.63) is 36.5 Å². The number of fused-ring (bicyclic) bond motifs is 1. The van der Waals surface area contributed by atoms with Crippen molar-refractivity contribution in [1.82, 2.24) is 15.0 Å². The molecule has 0 aliphatic carbocycles. The van der Waals surface area contributed by atoms with Crippen molar-refractivity contribution in [2.45, 2.75) is 13.3 Å². The van der Waals surface area contributed by atoms with Gasteiger partial charge in [-0.3, -0.25) is 4.21 Å². The summed E-state index contributed by atoms with van der Waals surface area (Å²) in [6.07, 6.45) is 2.45. The Labute approximate surface area is 149 Å². The maximum Gasteiger partial charge on any atom is 0.178 e. The van der Waals surface area contributed by atoms with Crippen LogP contribution in [0.3, 0.4) is 0 Å². The minimum atomic E-state index is -0.774. The predicted molar refractivity (Wildman–Crippen MR) is 99.5 cm³/mol. The molecule has 0 amide bonds. The molecule has 1 atom stereocenters. The van der Waals surface area contributed by atoms with Gasteiger partial charge in [-0.2, -0.15) is 0 Å². The number of aromatic nitrogens is 3. The maximum atomic E-state index is 11.5. The molecular formula is C18H21N3O3S. The lowest BCUT2D eigenvalue weighted by Gasteiger charge is -2.11. The molecule has 6 nitrogen and oxygen atoms in total. The molecule has 0 radical (unpaired) electrons. The minimum Gasteiger partial charge on any atom is -0.497 e. The molecular weight excluding hydrogens is 338 g/mol. The van der Waals surface area contributed by atoms with Crippen LogP contribution in [0.5, 0.6) is 11.5 Å². The summed E-state index contributed by atoms with van der Waals surface area (Å²) in [6, 6.07) is 9.42. The van der Waals surface area contributed by atoms with Crippen molar-refractivity contribution >= 4 is 22.0 Å². The highest BCUT2D eigenvalue weighted by molar-refractivity contribution is 7.84. The van der Waals surface area contributed by atoms with Gasteiger partial charge in [-0.05, 0) is 30.7 Å². The Bertz CT molecular complexity index is 846.